The molecule has 4 heteroatoms. The van der Waals surface area contributed by atoms with E-state index in [1.807, 2.05) is 32.0 Å². The molecule has 3 nitrogen and oxygen atoms in total. The Morgan fingerprint density at radius 3 is 2.21 bits per heavy atom. The average Bonchev–Trinajstić information content (AvgIpc) is 2.32. The summed E-state index contributed by atoms with van der Waals surface area (Å²) in [5, 5.41) is 3.24. The van der Waals surface area contributed by atoms with Crippen LogP contribution in [0.5, 0.6) is 0 Å². The first kappa shape index (κ1) is 13.5. The predicted octanol–water partition coefficient (Wildman–Crippen LogP) is 3.46. The molecular weight excluding hydrogens is 241 g/mol. The Balaban J connectivity index is 2.14. The number of hydrogen-bond donors (Lipinski definition) is 1. The number of nitrogens with one attached hydrogen (secondary N) is 1. The van der Waals surface area contributed by atoms with Crippen molar-refractivity contribution in [2.24, 2.45) is 0 Å². The van der Waals surface area contributed by atoms with Crippen LogP contribution in [-0.4, -0.2) is 9.97 Å². The van der Waals surface area contributed by atoms with Crippen molar-refractivity contribution in [3.05, 3.63) is 52.2 Å². The fraction of sp³-hybridized carbons (Fsp3) is 0.333. The highest BCUT2D eigenvalue weighted by Gasteiger charge is 2.05. The van der Waals surface area contributed by atoms with Crippen molar-refractivity contribution < 1.29 is 4.39 Å². The highest BCUT2D eigenvalue weighted by atomic mass is 19.1. The van der Waals surface area contributed by atoms with Crippen LogP contribution in [0, 0.1) is 33.5 Å². The Morgan fingerprint density at radius 1 is 1.00 bits per heavy atom. The van der Waals surface area contributed by atoms with Crippen LogP contribution in [0.25, 0.3) is 0 Å². The molecule has 0 atom stereocenters. The zero-order valence-corrected chi connectivity index (χ0v) is 11.7. The van der Waals surface area contributed by atoms with Gasteiger partial charge in [-0.15, -0.1) is 0 Å². The molecule has 2 aromatic rings. The Morgan fingerprint density at radius 2 is 1.63 bits per heavy atom. The Labute approximate surface area is 112 Å². The Bertz CT molecular complexity index is 565. The van der Waals surface area contributed by atoms with Crippen molar-refractivity contribution in [1.29, 1.82) is 0 Å². The molecule has 100 valence electrons. The van der Waals surface area contributed by atoms with Crippen LogP contribution in [-0.2, 0) is 6.54 Å². The molecule has 0 bridgehead atoms. The third-order valence-corrected chi connectivity index (χ3v) is 2.94. The first-order valence-corrected chi connectivity index (χ1v) is 6.27. The zero-order chi connectivity index (χ0) is 14.0. The molecule has 0 saturated carbocycles. The van der Waals surface area contributed by atoms with Gasteiger partial charge in [0.15, 0.2) is 0 Å². The van der Waals surface area contributed by atoms with E-state index >= 15 is 0 Å². The zero-order valence-electron chi connectivity index (χ0n) is 11.7. The van der Waals surface area contributed by atoms with Crippen molar-refractivity contribution in [3.63, 3.8) is 0 Å². The summed E-state index contributed by atoms with van der Waals surface area (Å²) in [6, 6.07) is 5.61. The maximum absolute atomic E-state index is 13.5. The van der Waals surface area contributed by atoms with E-state index in [-0.39, 0.29) is 5.82 Å². The number of nitrogens with zero attached hydrogens (tertiary/aromatic N) is 2. The van der Waals surface area contributed by atoms with Crippen molar-refractivity contribution in [1.82, 2.24) is 9.97 Å². The van der Waals surface area contributed by atoms with Crippen molar-refractivity contribution >= 4 is 5.82 Å². The van der Waals surface area contributed by atoms with Gasteiger partial charge in [0, 0.05) is 18.3 Å². The first-order chi connectivity index (χ1) is 8.95. The second kappa shape index (κ2) is 5.34. The number of hydrogen-bond acceptors (Lipinski definition) is 3. The second-order valence-corrected chi connectivity index (χ2v) is 4.84. The number of rotatable bonds is 3. The van der Waals surface area contributed by atoms with Gasteiger partial charge in [0.25, 0.3) is 0 Å². The van der Waals surface area contributed by atoms with Gasteiger partial charge in [-0.25, -0.2) is 14.4 Å². The molecule has 0 aliphatic heterocycles. The number of halogens is 1. The number of aryl methyl sites for hydroxylation is 4. The van der Waals surface area contributed by atoms with Crippen molar-refractivity contribution in [2.75, 3.05) is 5.32 Å². The maximum Gasteiger partial charge on any atom is 0.130 e. The maximum atomic E-state index is 13.5. The van der Waals surface area contributed by atoms with Crippen LogP contribution in [0.1, 0.15) is 28.2 Å². The van der Waals surface area contributed by atoms with Gasteiger partial charge in [-0.1, -0.05) is 12.1 Å². The quantitative estimate of drug-likeness (QED) is 0.917. The summed E-state index contributed by atoms with van der Waals surface area (Å²) >= 11 is 0. The monoisotopic (exact) mass is 259 g/mol. The normalized spacial score (nSPS) is 10.6. The predicted molar refractivity (Wildman–Crippen MR) is 74.7 cm³/mol. The molecule has 0 saturated heterocycles. The minimum Gasteiger partial charge on any atom is -0.366 e. The van der Waals surface area contributed by atoms with Crippen molar-refractivity contribution in [3.8, 4) is 0 Å². The molecule has 0 unspecified atom stereocenters. The minimum atomic E-state index is -0.127. The van der Waals surface area contributed by atoms with Gasteiger partial charge in [0.1, 0.15) is 17.5 Å². The molecule has 0 aliphatic carbocycles. The fourth-order valence-corrected chi connectivity index (χ4v) is 2.14. The van der Waals surface area contributed by atoms with E-state index in [0.29, 0.717) is 17.7 Å². The van der Waals surface area contributed by atoms with Crippen LogP contribution < -0.4 is 5.32 Å². The van der Waals surface area contributed by atoms with E-state index in [0.717, 1.165) is 22.9 Å². The van der Waals surface area contributed by atoms with Crippen LogP contribution in [0.15, 0.2) is 18.2 Å². The third-order valence-electron chi connectivity index (χ3n) is 2.94. The SMILES string of the molecule is Cc1cc(NCc2cc(C)c(F)c(C)c2)nc(C)n1. The molecule has 1 heterocycles. The molecular formula is C15H18FN3. The van der Waals surface area contributed by atoms with Gasteiger partial charge in [0.05, 0.1) is 0 Å². The number of anilines is 1. The molecule has 19 heavy (non-hydrogen) atoms. The van der Waals surface area contributed by atoms with Crippen LogP contribution in [0.2, 0.25) is 0 Å². The lowest BCUT2D eigenvalue weighted by molar-refractivity contribution is 0.608. The molecule has 0 fully saturated rings. The molecule has 0 aliphatic rings. The van der Waals surface area contributed by atoms with Gasteiger partial charge >= 0.3 is 0 Å². The largest absolute Gasteiger partial charge is 0.366 e. The van der Waals surface area contributed by atoms with Crippen LogP contribution in [0.3, 0.4) is 0 Å². The van der Waals surface area contributed by atoms with Crippen molar-refractivity contribution in [2.45, 2.75) is 34.2 Å². The molecule has 0 radical (unpaired) electrons. The Hall–Kier alpha value is -1.97. The summed E-state index contributed by atoms with van der Waals surface area (Å²) in [6.07, 6.45) is 0. The van der Waals surface area contributed by atoms with E-state index in [1.54, 1.807) is 13.8 Å². The lowest BCUT2D eigenvalue weighted by atomic mass is 10.1. The van der Waals surface area contributed by atoms with E-state index < -0.39 is 0 Å². The standard InChI is InChI=1S/C15H18FN3/c1-9-5-13(6-10(2)15(9)16)8-17-14-7-11(3)18-12(4)19-14/h5-7H,8H2,1-4H3,(H,17,18,19). The average molecular weight is 259 g/mol. The summed E-state index contributed by atoms with van der Waals surface area (Å²) in [7, 11) is 0. The number of aromatic nitrogens is 2. The Kier molecular flexibility index (Phi) is 3.79. The molecule has 0 spiro atoms. The lowest BCUT2D eigenvalue weighted by Gasteiger charge is -2.09. The summed E-state index contributed by atoms with van der Waals surface area (Å²) in [5.74, 6) is 1.41. The van der Waals surface area contributed by atoms with E-state index in [9.17, 15) is 4.39 Å². The minimum absolute atomic E-state index is 0.127. The highest BCUT2D eigenvalue weighted by Crippen LogP contribution is 2.16. The smallest absolute Gasteiger partial charge is 0.130 e. The molecule has 2 rings (SSSR count). The first-order valence-electron chi connectivity index (χ1n) is 6.27. The second-order valence-electron chi connectivity index (χ2n) is 4.84. The highest BCUT2D eigenvalue weighted by molar-refractivity contribution is 5.38. The third kappa shape index (κ3) is 3.28. The van der Waals surface area contributed by atoms with E-state index in [4.69, 9.17) is 0 Å². The lowest BCUT2D eigenvalue weighted by Crippen LogP contribution is -2.05. The van der Waals surface area contributed by atoms with Gasteiger partial charge in [-0.3, -0.25) is 0 Å². The summed E-state index contributed by atoms with van der Waals surface area (Å²) in [6.45, 7) is 7.99. The van der Waals surface area contributed by atoms with E-state index in [2.05, 4.69) is 15.3 Å². The summed E-state index contributed by atoms with van der Waals surface area (Å²) in [5.41, 5.74) is 3.32. The van der Waals surface area contributed by atoms with E-state index in [1.165, 1.54) is 0 Å². The van der Waals surface area contributed by atoms with Gasteiger partial charge in [-0.2, -0.15) is 0 Å². The van der Waals surface area contributed by atoms with Gasteiger partial charge in [0.2, 0.25) is 0 Å². The number of benzene rings is 1. The van der Waals surface area contributed by atoms with Crippen LogP contribution >= 0.6 is 0 Å². The summed E-state index contributed by atoms with van der Waals surface area (Å²) in [4.78, 5) is 8.54. The summed E-state index contributed by atoms with van der Waals surface area (Å²) < 4.78 is 13.5. The fourth-order valence-electron chi connectivity index (χ4n) is 2.14. The van der Waals surface area contributed by atoms with Crippen LogP contribution in [0.4, 0.5) is 10.2 Å². The van der Waals surface area contributed by atoms with Gasteiger partial charge in [-0.05, 0) is 44.4 Å². The molecule has 1 aromatic carbocycles. The van der Waals surface area contributed by atoms with Gasteiger partial charge < -0.3 is 5.32 Å². The topological polar surface area (TPSA) is 37.8 Å². The molecule has 1 aromatic heterocycles. The molecule has 0 amide bonds. The molecule has 1 N–H and O–H groups in total.